The molecule has 0 aromatic heterocycles. The maximum absolute atomic E-state index is 10.3. The van der Waals surface area contributed by atoms with Gasteiger partial charge in [-0.1, -0.05) is 11.6 Å². The molecule has 3 nitrogen and oxygen atoms in total. The van der Waals surface area contributed by atoms with Crippen LogP contribution in [0, 0.1) is 0 Å². The molecule has 0 bridgehead atoms. The molecule has 0 spiro atoms. The largest absolute Gasteiger partial charge is 0.510 e. The lowest BCUT2D eigenvalue weighted by molar-refractivity contribution is 0.112. The standard InChI is InChI=1S/C5H7ClO3/c1-3-5(2,6)9-4(7)8-3/h3H,1-2H3. The summed E-state index contributed by atoms with van der Waals surface area (Å²) >= 11 is 5.64. The van der Waals surface area contributed by atoms with Crippen LogP contribution in [-0.2, 0) is 9.47 Å². The molecule has 0 radical (unpaired) electrons. The van der Waals surface area contributed by atoms with E-state index in [9.17, 15) is 4.79 Å². The number of hydrogen-bond donors (Lipinski definition) is 0. The molecule has 0 N–H and O–H groups in total. The van der Waals surface area contributed by atoms with Gasteiger partial charge >= 0.3 is 6.16 Å². The Hall–Kier alpha value is -0.440. The Kier molecular flexibility index (Phi) is 1.31. The topological polar surface area (TPSA) is 35.5 Å². The second kappa shape index (κ2) is 1.77. The molecule has 2 atom stereocenters. The number of ether oxygens (including phenoxy) is 2. The Balaban J connectivity index is 2.69. The lowest BCUT2D eigenvalue weighted by Gasteiger charge is -2.13. The average Bonchev–Trinajstić information content (AvgIpc) is 1.79. The Bertz CT molecular complexity index is 143. The number of hydrogen-bond acceptors (Lipinski definition) is 3. The first-order valence-corrected chi connectivity index (χ1v) is 2.99. The van der Waals surface area contributed by atoms with Gasteiger partial charge in [0.2, 0.25) is 5.06 Å². The number of carbonyl (C=O) groups is 1. The van der Waals surface area contributed by atoms with E-state index >= 15 is 0 Å². The van der Waals surface area contributed by atoms with Gasteiger partial charge in [-0.25, -0.2) is 4.79 Å². The summed E-state index contributed by atoms with van der Waals surface area (Å²) in [5.74, 6) is 0. The van der Waals surface area contributed by atoms with Gasteiger partial charge in [0.15, 0.2) is 6.10 Å². The molecule has 2 unspecified atom stereocenters. The molecular formula is C5H7ClO3. The van der Waals surface area contributed by atoms with Crippen LogP contribution >= 0.6 is 11.6 Å². The monoisotopic (exact) mass is 150 g/mol. The zero-order chi connectivity index (χ0) is 7.07. The van der Waals surface area contributed by atoms with Crippen molar-refractivity contribution in [2.75, 3.05) is 0 Å². The molecule has 1 heterocycles. The fourth-order valence-corrected chi connectivity index (χ4v) is 0.627. The van der Waals surface area contributed by atoms with Gasteiger partial charge in [-0.15, -0.1) is 0 Å². The van der Waals surface area contributed by atoms with Gasteiger partial charge in [0.1, 0.15) is 0 Å². The van der Waals surface area contributed by atoms with Crippen LogP contribution in [0.1, 0.15) is 13.8 Å². The van der Waals surface area contributed by atoms with Crippen LogP contribution in [0.2, 0.25) is 0 Å². The third-order valence-electron chi connectivity index (χ3n) is 1.28. The predicted molar refractivity (Wildman–Crippen MR) is 31.3 cm³/mol. The molecule has 1 fully saturated rings. The molecule has 0 aromatic carbocycles. The smallest absolute Gasteiger partial charge is 0.426 e. The third kappa shape index (κ3) is 1.10. The number of cyclic esters (lactones) is 2. The highest BCUT2D eigenvalue weighted by Gasteiger charge is 2.43. The van der Waals surface area contributed by atoms with Gasteiger partial charge in [0.25, 0.3) is 0 Å². The van der Waals surface area contributed by atoms with E-state index in [1.165, 1.54) is 0 Å². The van der Waals surface area contributed by atoms with Crippen molar-refractivity contribution in [3.8, 4) is 0 Å². The molecule has 1 aliphatic heterocycles. The molecule has 52 valence electrons. The second-order valence-electron chi connectivity index (χ2n) is 2.10. The summed E-state index contributed by atoms with van der Waals surface area (Å²) in [5.41, 5.74) is 0. The number of halogens is 1. The van der Waals surface area contributed by atoms with Crippen molar-refractivity contribution < 1.29 is 14.3 Å². The predicted octanol–water partition coefficient (Wildman–Crippen LogP) is 1.50. The lowest BCUT2D eigenvalue weighted by Crippen LogP contribution is -2.26. The first kappa shape index (κ1) is 6.68. The van der Waals surface area contributed by atoms with Gasteiger partial charge < -0.3 is 9.47 Å². The number of carbonyl (C=O) groups excluding carboxylic acids is 1. The minimum Gasteiger partial charge on any atom is -0.426 e. The summed E-state index contributed by atoms with van der Waals surface area (Å²) in [6, 6.07) is 0. The van der Waals surface area contributed by atoms with Gasteiger partial charge in [-0.3, -0.25) is 0 Å². The quantitative estimate of drug-likeness (QED) is 0.388. The number of rotatable bonds is 0. The second-order valence-corrected chi connectivity index (χ2v) is 2.85. The van der Waals surface area contributed by atoms with Crippen molar-refractivity contribution >= 4 is 17.8 Å². The Morgan fingerprint density at radius 3 is 2.44 bits per heavy atom. The van der Waals surface area contributed by atoms with Crippen LogP contribution < -0.4 is 0 Å². The van der Waals surface area contributed by atoms with Crippen molar-refractivity contribution in [2.24, 2.45) is 0 Å². The molecule has 0 saturated carbocycles. The van der Waals surface area contributed by atoms with E-state index in [2.05, 4.69) is 9.47 Å². The Labute approximate surface area is 57.9 Å². The third-order valence-corrected chi connectivity index (χ3v) is 1.67. The first-order valence-electron chi connectivity index (χ1n) is 2.61. The molecule has 9 heavy (non-hydrogen) atoms. The summed E-state index contributed by atoms with van der Waals surface area (Å²) < 4.78 is 9.15. The Morgan fingerprint density at radius 2 is 2.33 bits per heavy atom. The molecule has 4 heteroatoms. The minimum atomic E-state index is -0.975. The summed E-state index contributed by atoms with van der Waals surface area (Å²) in [4.78, 5) is 10.3. The van der Waals surface area contributed by atoms with Crippen molar-refractivity contribution in [3.63, 3.8) is 0 Å². The number of alkyl halides is 1. The van der Waals surface area contributed by atoms with Crippen molar-refractivity contribution in [2.45, 2.75) is 25.0 Å². The van der Waals surface area contributed by atoms with Crippen LogP contribution in [0.25, 0.3) is 0 Å². The van der Waals surface area contributed by atoms with E-state index < -0.39 is 11.2 Å². The van der Waals surface area contributed by atoms with E-state index in [1.54, 1.807) is 13.8 Å². The summed E-state index contributed by atoms with van der Waals surface area (Å²) in [6.07, 6.45) is -1.06. The van der Waals surface area contributed by atoms with E-state index in [0.29, 0.717) is 0 Å². The maximum Gasteiger partial charge on any atom is 0.510 e. The first-order chi connectivity index (χ1) is 4.02. The van der Waals surface area contributed by atoms with Gasteiger partial charge in [-0.2, -0.15) is 0 Å². The SMILES string of the molecule is CC1OC(=O)OC1(C)Cl. The van der Waals surface area contributed by atoms with E-state index in [-0.39, 0.29) is 6.10 Å². The normalized spacial score (nSPS) is 42.1. The molecule has 0 aromatic rings. The highest BCUT2D eigenvalue weighted by Crippen LogP contribution is 2.29. The van der Waals surface area contributed by atoms with Crippen LogP contribution in [0.15, 0.2) is 0 Å². The van der Waals surface area contributed by atoms with Crippen molar-refractivity contribution in [1.29, 1.82) is 0 Å². The molecule has 1 saturated heterocycles. The molecule has 0 aliphatic carbocycles. The van der Waals surface area contributed by atoms with Gasteiger partial charge in [0, 0.05) is 0 Å². The minimum absolute atomic E-state index is 0.369. The molecule has 0 amide bonds. The average molecular weight is 151 g/mol. The fourth-order valence-electron chi connectivity index (χ4n) is 0.520. The zero-order valence-electron chi connectivity index (χ0n) is 5.18. The fraction of sp³-hybridized carbons (Fsp3) is 0.800. The van der Waals surface area contributed by atoms with E-state index in [0.717, 1.165) is 0 Å². The van der Waals surface area contributed by atoms with Gasteiger partial charge in [-0.05, 0) is 13.8 Å². The maximum atomic E-state index is 10.3. The van der Waals surface area contributed by atoms with Crippen molar-refractivity contribution in [1.82, 2.24) is 0 Å². The Morgan fingerprint density at radius 1 is 1.78 bits per heavy atom. The van der Waals surface area contributed by atoms with Crippen LogP contribution in [0.4, 0.5) is 4.79 Å². The van der Waals surface area contributed by atoms with Crippen LogP contribution in [-0.4, -0.2) is 17.3 Å². The highest BCUT2D eigenvalue weighted by molar-refractivity contribution is 6.24. The molecule has 1 rings (SSSR count). The highest BCUT2D eigenvalue weighted by atomic mass is 35.5. The zero-order valence-corrected chi connectivity index (χ0v) is 5.94. The summed E-state index contributed by atoms with van der Waals surface area (Å²) in [7, 11) is 0. The van der Waals surface area contributed by atoms with Gasteiger partial charge in [0.05, 0.1) is 0 Å². The summed E-state index contributed by atoms with van der Waals surface area (Å²) in [5, 5.41) is -0.975. The molecular weight excluding hydrogens is 144 g/mol. The van der Waals surface area contributed by atoms with E-state index in [1.807, 2.05) is 0 Å². The van der Waals surface area contributed by atoms with Crippen LogP contribution in [0.3, 0.4) is 0 Å². The van der Waals surface area contributed by atoms with E-state index in [4.69, 9.17) is 11.6 Å². The van der Waals surface area contributed by atoms with Crippen molar-refractivity contribution in [3.05, 3.63) is 0 Å². The molecule has 1 aliphatic rings. The lowest BCUT2D eigenvalue weighted by atomic mass is 10.3. The summed E-state index contributed by atoms with van der Waals surface area (Å²) in [6.45, 7) is 3.27. The van der Waals surface area contributed by atoms with Crippen LogP contribution in [0.5, 0.6) is 0 Å².